The summed E-state index contributed by atoms with van der Waals surface area (Å²) in [4.78, 5) is 5.33. The SMILES string of the molecule is Cc1ccc(-c2nc3sc(C)nn3c2C#N)c(C)c1. The fraction of sp³-hybridized carbons (Fsp3) is 0.214. The highest BCUT2D eigenvalue weighted by Gasteiger charge is 2.18. The van der Waals surface area contributed by atoms with Gasteiger partial charge in [0.05, 0.1) is 0 Å². The molecule has 0 atom stereocenters. The van der Waals surface area contributed by atoms with Crippen LogP contribution in [-0.2, 0) is 0 Å². The first kappa shape index (κ1) is 11.9. The predicted molar refractivity (Wildman–Crippen MR) is 75.2 cm³/mol. The maximum atomic E-state index is 9.38. The van der Waals surface area contributed by atoms with Crippen LogP contribution in [0.25, 0.3) is 16.2 Å². The number of imidazole rings is 1. The van der Waals surface area contributed by atoms with Crippen molar-refractivity contribution in [2.45, 2.75) is 20.8 Å². The van der Waals surface area contributed by atoms with E-state index in [9.17, 15) is 5.26 Å². The Morgan fingerprint density at radius 3 is 2.74 bits per heavy atom. The highest BCUT2D eigenvalue weighted by atomic mass is 32.1. The van der Waals surface area contributed by atoms with Gasteiger partial charge in [-0.2, -0.15) is 14.9 Å². The van der Waals surface area contributed by atoms with E-state index in [1.807, 2.05) is 26.0 Å². The molecule has 0 radical (unpaired) electrons. The minimum Gasteiger partial charge on any atom is -0.216 e. The van der Waals surface area contributed by atoms with Crippen molar-refractivity contribution in [2.75, 3.05) is 0 Å². The molecule has 0 aliphatic rings. The summed E-state index contributed by atoms with van der Waals surface area (Å²) in [5.74, 6) is 0. The maximum absolute atomic E-state index is 9.38. The lowest BCUT2D eigenvalue weighted by molar-refractivity contribution is 0.931. The molecule has 0 fully saturated rings. The number of aryl methyl sites for hydroxylation is 3. The number of nitrogens with zero attached hydrogens (tertiary/aromatic N) is 4. The summed E-state index contributed by atoms with van der Waals surface area (Å²) in [6.45, 7) is 6.01. The van der Waals surface area contributed by atoms with Crippen LogP contribution in [-0.4, -0.2) is 14.6 Å². The quantitative estimate of drug-likeness (QED) is 0.680. The van der Waals surface area contributed by atoms with Crippen LogP contribution in [0.2, 0.25) is 0 Å². The van der Waals surface area contributed by atoms with Crippen LogP contribution in [0.15, 0.2) is 18.2 Å². The van der Waals surface area contributed by atoms with Gasteiger partial charge in [-0.15, -0.1) is 0 Å². The van der Waals surface area contributed by atoms with Gasteiger partial charge in [0.1, 0.15) is 16.8 Å². The van der Waals surface area contributed by atoms with Crippen LogP contribution in [0.5, 0.6) is 0 Å². The Bertz CT molecular complexity index is 820. The molecular weight excluding hydrogens is 256 g/mol. The molecule has 94 valence electrons. The monoisotopic (exact) mass is 268 g/mol. The van der Waals surface area contributed by atoms with E-state index in [4.69, 9.17) is 0 Å². The van der Waals surface area contributed by atoms with E-state index in [0.717, 1.165) is 26.8 Å². The van der Waals surface area contributed by atoms with Crippen molar-refractivity contribution in [3.8, 4) is 17.3 Å². The Hall–Kier alpha value is -2.19. The number of rotatable bonds is 1. The molecule has 0 spiro atoms. The maximum Gasteiger partial charge on any atom is 0.213 e. The highest BCUT2D eigenvalue weighted by Crippen LogP contribution is 2.29. The number of nitriles is 1. The molecule has 0 N–H and O–H groups in total. The van der Waals surface area contributed by atoms with Crippen LogP contribution in [0.4, 0.5) is 0 Å². The standard InChI is InChI=1S/C14H12N4S/c1-8-4-5-11(9(2)6-8)13-12(7-15)18-14(16-13)19-10(3)17-18/h4-6H,1-3H3. The summed E-state index contributed by atoms with van der Waals surface area (Å²) >= 11 is 1.50. The van der Waals surface area contributed by atoms with E-state index < -0.39 is 0 Å². The van der Waals surface area contributed by atoms with Crippen LogP contribution in [0.1, 0.15) is 21.8 Å². The average molecular weight is 268 g/mol. The molecule has 2 heterocycles. The number of hydrogen-bond acceptors (Lipinski definition) is 4. The molecule has 0 unspecified atom stereocenters. The second-order valence-corrected chi connectivity index (χ2v) is 5.71. The molecule has 0 saturated heterocycles. The normalized spacial score (nSPS) is 10.8. The zero-order valence-corrected chi connectivity index (χ0v) is 11.7. The molecule has 5 heteroatoms. The van der Waals surface area contributed by atoms with E-state index in [1.165, 1.54) is 16.9 Å². The Kier molecular flexibility index (Phi) is 2.61. The first-order chi connectivity index (χ1) is 9.10. The zero-order chi connectivity index (χ0) is 13.6. The lowest BCUT2D eigenvalue weighted by atomic mass is 10.0. The molecule has 19 heavy (non-hydrogen) atoms. The van der Waals surface area contributed by atoms with E-state index >= 15 is 0 Å². The minimum absolute atomic E-state index is 0.506. The first-order valence-electron chi connectivity index (χ1n) is 5.94. The van der Waals surface area contributed by atoms with Crippen molar-refractivity contribution in [1.29, 1.82) is 5.26 Å². The Balaban J connectivity index is 2.30. The van der Waals surface area contributed by atoms with Gasteiger partial charge in [-0.3, -0.25) is 0 Å². The van der Waals surface area contributed by atoms with Crippen LogP contribution < -0.4 is 0 Å². The largest absolute Gasteiger partial charge is 0.216 e. The van der Waals surface area contributed by atoms with E-state index in [-0.39, 0.29) is 0 Å². The number of hydrogen-bond donors (Lipinski definition) is 0. The minimum atomic E-state index is 0.506. The van der Waals surface area contributed by atoms with Crippen molar-refractivity contribution in [3.63, 3.8) is 0 Å². The topological polar surface area (TPSA) is 54.0 Å². The van der Waals surface area contributed by atoms with Gasteiger partial charge < -0.3 is 0 Å². The molecule has 1 aromatic carbocycles. The van der Waals surface area contributed by atoms with Crippen molar-refractivity contribution >= 4 is 16.3 Å². The molecular formula is C14H12N4S. The van der Waals surface area contributed by atoms with E-state index in [1.54, 1.807) is 4.52 Å². The zero-order valence-electron chi connectivity index (χ0n) is 10.9. The molecule has 0 bridgehead atoms. The van der Waals surface area contributed by atoms with Crippen molar-refractivity contribution in [2.24, 2.45) is 0 Å². The van der Waals surface area contributed by atoms with Crippen molar-refractivity contribution < 1.29 is 0 Å². The predicted octanol–water partition coefficient (Wildman–Crippen LogP) is 3.25. The van der Waals surface area contributed by atoms with E-state index in [2.05, 4.69) is 29.1 Å². The third kappa shape index (κ3) is 1.81. The Morgan fingerprint density at radius 2 is 2.05 bits per heavy atom. The van der Waals surface area contributed by atoms with Gasteiger partial charge in [0.15, 0.2) is 5.69 Å². The van der Waals surface area contributed by atoms with Gasteiger partial charge in [0.2, 0.25) is 4.96 Å². The van der Waals surface area contributed by atoms with Crippen LogP contribution >= 0.6 is 11.3 Å². The second kappa shape index (κ2) is 4.18. The van der Waals surface area contributed by atoms with E-state index in [0.29, 0.717) is 5.69 Å². The van der Waals surface area contributed by atoms with Crippen molar-refractivity contribution in [3.05, 3.63) is 40.0 Å². The van der Waals surface area contributed by atoms with Gasteiger partial charge in [-0.05, 0) is 26.3 Å². The van der Waals surface area contributed by atoms with Crippen molar-refractivity contribution in [1.82, 2.24) is 14.6 Å². The molecule has 0 amide bonds. The molecule has 0 saturated carbocycles. The third-order valence-corrected chi connectivity index (χ3v) is 3.87. The molecule has 4 nitrogen and oxygen atoms in total. The smallest absolute Gasteiger partial charge is 0.213 e. The third-order valence-electron chi connectivity index (χ3n) is 3.05. The van der Waals surface area contributed by atoms with Gasteiger partial charge in [-0.25, -0.2) is 4.98 Å². The summed E-state index contributed by atoms with van der Waals surface area (Å²) in [6.07, 6.45) is 0. The van der Waals surface area contributed by atoms with Crippen LogP contribution in [0.3, 0.4) is 0 Å². The fourth-order valence-corrected chi connectivity index (χ4v) is 2.95. The highest BCUT2D eigenvalue weighted by molar-refractivity contribution is 7.16. The Morgan fingerprint density at radius 1 is 1.26 bits per heavy atom. The summed E-state index contributed by atoms with van der Waals surface area (Å²) in [6, 6.07) is 8.37. The number of fused-ring (bicyclic) bond motifs is 1. The summed E-state index contributed by atoms with van der Waals surface area (Å²) in [5, 5.41) is 14.6. The molecule has 0 aliphatic carbocycles. The molecule has 3 rings (SSSR count). The average Bonchev–Trinajstić information content (AvgIpc) is 2.84. The first-order valence-corrected chi connectivity index (χ1v) is 6.75. The lowest BCUT2D eigenvalue weighted by Crippen LogP contribution is -1.92. The fourth-order valence-electron chi connectivity index (χ4n) is 2.21. The number of benzene rings is 1. The number of aromatic nitrogens is 3. The molecule has 2 aromatic heterocycles. The summed E-state index contributed by atoms with van der Waals surface area (Å²) in [5.41, 5.74) is 4.55. The Labute approximate surface area is 115 Å². The van der Waals surface area contributed by atoms with Gasteiger partial charge in [-0.1, -0.05) is 35.1 Å². The van der Waals surface area contributed by atoms with Crippen LogP contribution in [0, 0.1) is 32.1 Å². The summed E-state index contributed by atoms with van der Waals surface area (Å²) < 4.78 is 1.63. The summed E-state index contributed by atoms with van der Waals surface area (Å²) in [7, 11) is 0. The second-order valence-electron chi connectivity index (χ2n) is 4.55. The van der Waals surface area contributed by atoms with Gasteiger partial charge >= 0.3 is 0 Å². The van der Waals surface area contributed by atoms with Gasteiger partial charge in [0.25, 0.3) is 0 Å². The molecule has 0 aliphatic heterocycles. The molecule has 3 aromatic rings. The lowest BCUT2D eigenvalue weighted by Gasteiger charge is -2.04. The van der Waals surface area contributed by atoms with Gasteiger partial charge in [0, 0.05) is 5.56 Å².